The summed E-state index contributed by atoms with van der Waals surface area (Å²) in [5.74, 6) is -0.302. The van der Waals surface area contributed by atoms with Crippen molar-refractivity contribution in [3.63, 3.8) is 0 Å². The molecule has 1 aromatic heterocycles. The van der Waals surface area contributed by atoms with Crippen molar-refractivity contribution in [2.24, 2.45) is 0 Å². The number of hydrogen-bond donors (Lipinski definition) is 2. The molecule has 3 rings (SSSR count). The minimum Gasteiger partial charge on any atom is -0.352 e. The third kappa shape index (κ3) is 4.37. The molecular weight excluding hydrogens is 396 g/mol. The summed E-state index contributed by atoms with van der Waals surface area (Å²) in [6.07, 6.45) is 3.51. The Hall–Kier alpha value is -2.93. The summed E-state index contributed by atoms with van der Waals surface area (Å²) in [7, 11) is 0. The Morgan fingerprint density at radius 3 is 2.50 bits per heavy atom. The smallest absolute Gasteiger partial charge is 0.255 e. The summed E-state index contributed by atoms with van der Waals surface area (Å²) in [6, 6.07) is 14.6. The number of para-hydroxylation sites is 2. The molecule has 2 aromatic carbocycles. The maximum absolute atomic E-state index is 12.6. The van der Waals surface area contributed by atoms with Gasteiger partial charge in [-0.05, 0) is 45.8 Å². The Balaban J connectivity index is 1.75. The molecule has 0 aliphatic heterocycles. The fourth-order valence-corrected chi connectivity index (χ4v) is 2.69. The molecule has 0 bridgehead atoms. The first kappa shape index (κ1) is 17.9. The standard InChI is InChI=1S/C19H17BrN4O2/c1-13(25)21-10-14-6-8-15(9-7-14)19(26)23-17-4-2-3-5-18(17)24-12-16(20)11-22-24/h2-9,11-12H,10H2,1H3,(H,21,25)(H,23,26). The van der Waals surface area contributed by atoms with E-state index in [1.165, 1.54) is 6.92 Å². The van der Waals surface area contributed by atoms with Crippen LogP contribution in [0.1, 0.15) is 22.8 Å². The number of halogens is 1. The van der Waals surface area contributed by atoms with Crippen LogP contribution in [-0.4, -0.2) is 21.6 Å². The highest BCUT2D eigenvalue weighted by Gasteiger charge is 2.11. The zero-order chi connectivity index (χ0) is 18.5. The summed E-state index contributed by atoms with van der Waals surface area (Å²) < 4.78 is 2.55. The quantitative estimate of drug-likeness (QED) is 0.672. The van der Waals surface area contributed by atoms with E-state index in [-0.39, 0.29) is 11.8 Å². The minimum atomic E-state index is -0.213. The molecule has 1 heterocycles. The van der Waals surface area contributed by atoms with Crippen LogP contribution in [0.4, 0.5) is 5.69 Å². The summed E-state index contributed by atoms with van der Waals surface area (Å²) in [6.45, 7) is 1.91. The lowest BCUT2D eigenvalue weighted by atomic mass is 10.1. The predicted molar refractivity (Wildman–Crippen MR) is 103 cm³/mol. The van der Waals surface area contributed by atoms with E-state index >= 15 is 0 Å². The molecule has 132 valence electrons. The summed E-state index contributed by atoms with van der Waals surface area (Å²) in [5, 5.41) is 9.90. The van der Waals surface area contributed by atoms with Gasteiger partial charge >= 0.3 is 0 Å². The van der Waals surface area contributed by atoms with Crippen molar-refractivity contribution >= 4 is 33.4 Å². The van der Waals surface area contributed by atoms with Crippen LogP contribution in [0.25, 0.3) is 5.69 Å². The van der Waals surface area contributed by atoms with Gasteiger partial charge in [0.05, 0.1) is 22.0 Å². The molecule has 0 radical (unpaired) electrons. The number of nitrogens with one attached hydrogen (secondary N) is 2. The maximum atomic E-state index is 12.6. The molecule has 0 unspecified atom stereocenters. The lowest BCUT2D eigenvalue weighted by Gasteiger charge is -2.11. The first-order valence-corrected chi connectivity index (χ1v) is 8.76. The number of amides is 2. The first-order valence-electron chi connectivity index (χ1n) is 7.97. The van der Waals surface area contributed by atoms with Crippen molar-refractivity contribution in [1.82, 2.24) is 15.1 Å². The van der Waals surface area contributed by atoms with Crippen molar-refractivity contribution in [3.05, 3.63) is 76.5 Å². The molecule has 2 N–H and O–H groups in total. The molecule has 2 amide bonds. The second-order valence-corrected chi connectivity index (χ2v) is 6.60. The van der Waals surface area contributed by atoms with Crippen LogP contribution in [0.2, 0.25) is 0 Å². The second kappa shape index (κ2) is 7.97. The maximum Gasteiger partial charge on any atom is 0.255 e. The minimum absolute atomic E-state index is 0.0892. The van der Waals surface area contributed by atoms with E-state index in [4.69, 9.17) is 0 Å². The number of aromatic nitrogens is 2. The van der Waals surface area contributed by atoms with Crippen LogP contribution in [0.15, 0.2) is 65.4 Å². The SMILES string of the molecule is CC(=O)NCc1ccc(C(=O)Nc2ccccc2-n2cc(Br)cn2)cc1. The summed E-state index contributed by atoms with van der Waals surface area (Å²) in [5.41, 5.74) is 2.90. The average molecular weight is 413 g/mol. The second-order valence-electron chi connectivity index (χ2n) is 5.68. The molecule has 26 heavy (non-hydrogen) atoms. The number of nitrogens with zero attached hydrogens (tertiary/aromatic N) is 2. The van der Waals surface area contributed by atoms with Gasteiger partial charge in [-0.15, -0.1) is 0 Å². The van der Waals surface area contributed by atoms with E-state index in [0.29, 0.717) is 17.8 Å². The molecule has 0 saturated heterocycles. The van der Waals surface area contributed by atoms with Crippen LogP contribution < -0.4 is 10.6 Å². The predicted octanol–water partition coefficient (Wildman–Crippen LogP) is 3.52. The summed E-state index contributed by atoms with van der Waals surface area (Å²) >= 11 is 3.37. The normalized spacial score (nSPS) is 10.4. The number of rotatable bonds is 5. The van der Waals surface area contributed by atoms with Gasteiger partial charge in [0.25, 0.3) is 5.91 Å². The molecule has 0 spiro atoms. The van der Waals surface area contributed by atoms with E-state index in [1.807, 2.05) is 42.6 Å². The van der Waals surface area contributed by atoms with Crippen LogP contribution in [0.3, 0.4) is 0 Å². The fourth-order valence-electron chi connectivity index (χ4n) is 2.41. The van der Waals surface area contributed by atoms with Gasteiger partial charge in [0.2, 0.25) is 5.91 Å². The lowest BCUT2D eigenvalue weighted by Crippen LogP contribution is -2.19. The highest BCUT2D eigenvalue weighted by molar-refractivity contribution is 9.10. The molecule has 0 saturated carbocycles. The van der Waals surface area contributed by atoms with Crippen LogP contribution in [0, 0.1) is 0 Å². The van der Waals surface area contributed by atoms with E-state index < -0.39 is 0 Å². The van der Waals surface area contributed by atoms with Crippen molar-refractivity contribution in [1.29, 1.82) is 0 Å². The number of benzene rings is 2. The van der Waals surface area contributed by atoms with E-state index in [2.05, 4.69) is 31.7 Å². The van der Waals surface area contributed by atoms with Gasteiger partial charge in [-0.2, -0.15) is 5.10 Å². The van der Waals surface area contributed by atoms with Gasteiger partial charge < -0.3 is 10.6 Å². The van der Waals surface area contributed by atoms with Crippen LogP contribution in [-0.2, 0) is 11.3 Å². The first-order chi connectivity index (χ1) is 12.5. The zero-order valence-electron chi connectivity index (χ0n) is 14.1. The number of carbonyl (C=O) groups excluding carboxylic acids is 2. The third-order valence-corrected chi connectivity index (χ3v) is 4.12. The van der Waals surface area contributed by atoms with Crippen LogP contribution >= 0.6 is 15.9 Å². The van der Waals surface area contributed by atoms with Crippen molar-refractivity contribution in [2.45, 2.75) is 13.5 Å². The zero-order valence-corrected chi connectivity index (χ0v) is 15.7. The highest BCUT2D eigenvalue weighted by Crippen LogP contribution is 2.21. The van der Waals surface area contributed by atoms with Crippen molar-refractivity contribution in [3.8, 4) is 5.69 Å². The Kier molecular flexibility index (Phi) is 5.48. The molecule has 7 heteroatoms. The molecule has 0 fully saturated rings. The average Bonchev–Trinajstić information content (AvgIpc) is 3.07. The molecule has 0 aliphatic carbocycles. The Morgan fingerprint density at radius 1 is 1.12 bits per heavy atom. The Labute approximate surface area is 159 Å². The largest absolute Gasteiger partial charge is 0.352 e. The van der Waals surface area contributed by atoms with Gasteiger partial charge in [-0.3, -0.25) is 9.59 Å². The van der Waals surface area contributed by atoms with Gasteiger partial charge in [-0.25, -0.2) is 4.68 Å². The monoisotopic (exact) mass is 412 g/mol. The van der Waals surface area contributed by atoms with Crippen molar-refractivity contribution in [2.75, 3.05) is 5.32 Å². The third-order valence-electron chi connectivity index (χ3n) is 3.71. The number of carbonyl (C=O) groups is 2. The van der Waals surface area contributed by atoms with E-state index in [0.717, 1.165) is 15.7 Å². The molecule has 0 aliphatic rings. The molecule has 6 nitrogen and oxygen atoms in total. The van der Waals surface area contributed by atoms with E-state index in [1.54, 1.807) is 23.0 Å². The molecule has 3 aromatic rings. The summed E-state index contributed by atoms with van der Waals surface area (Å²) in [4.78, 5) is 23.5. The van der Waals surface area contributed by atoms with Gasteiger partial charge in [0.15, 0.2) is 0 Å². The fraction of sp³-hybridized carbons (Fsp3) is 0.105. The lowest BCUT2D eigenvalue weighted by molar-refractivity contribution is -0.119. The number of anilines is 1. The Bertz CT molecular complexity index is 935. The Morgan fingerprint density at radius 2 is 1.85 bits per heavy atom. The van der Waals surface area contributed by atoms with E-state index in [9.17, 15) is 9.59 Å². The van der Waals surface area contributed by atoms with Crippen molar-refractivity contribution < 1.29 is 9.59 Å². The van der Waals surface area contributed by atoms with Crippen LogP contribution in [0.5, 0.6) is 0 Å². The van der Waals surface area contributed by atoms with Gasteiger partial charge in [0, 0.05) is 25.2 Å². The number of hydrogen-bond acceptors (Lipinski definition) is 3. The van der Waals surface area contributed by atoms with Gasteiger partial charge in [-0.1, -0.05) is 24.3 Å². The highest BCUT2D eigenvalue weighted by atomic mass is 79.9. The molecular formula is C19H17BrN4O2. The topological polar surface area (TPSA) is 76.0 Å². The van der Waals surface area contributed by atoms with Gasteiger partial charge in [0.1, 0.15) is 0 Å². The molecule has 0 atom stereocenters.